The number of carbonyl (C=O) groups excluding carboxylic acids is 1. The van der Waals surface area contributed by atoms with Gasteiger partial charge in [-0.3, -0.25) is 10.0 Å². The zero-order valence-electron chi connectivity index (χ0n) is 13.7. The second-order valence-corrected chi connectivity index (χ2v) is 6.83. The van der Waals surface area contributed by atoms with Crippen LogP contribution < -0.4 is 5.32 Å². The molecule has 0 aromatic carbocycles. The van der Waals surface area contributed by atoms with Gasteiger partial charge in [-0.05, 0) is 26.7 Å². The lowest BCUT2D eigenvalue weighted by Gasteiger charge is -2.47. The topological polar surface area (TPSA) is 85.2 Å². The van der Waals surface area contributed by atoms with Crippen molar-refractivity contribution < 1.29 is 28.3 Å². The molecule has 0 radical (unpaired) electrons. The Bertz CT molecular complexity index is 561. The van der Waals surface area contributed by atoms with E-state index >= 15 is 0 Å². The van der Waals surface area contributed by atoms with Crippen LogP contribution in [-0.4, -0.2) is 52.0 Å². The molecule has 24 heavy (non-hydrogen) atoms. The number of rotatable bonds is 6. The largest absolute Gasteiger partial charge is 0.395 e. The van der Waals surface area contributed by atoms with E-state index in [2.05, 4.69) is 10.3 Å². The molecule has 1 fully saturated rings. The van der Waals surface area contributed by atoms with Crippen molar-refractivity contribution in [3.05, 3.63) is 11.8 Å². The van der Waals surface area contributed by atoms with Gasteiger partial charge in [-0.15, -0.1) is 0 Å². The molecule has 1 aliphatic carbocycles. The van der Waals surface area contributed by atoms with Gasteiger partial charge in [0.15, 0.2) is 5.84 Å². The normalized spacial score (nSPS) is 22.0. The molecule has 6 nitrogen and oxygen atoms in total. The summed E-state index contributed by atoms with van der Waals surface area (Å²) < 4.78 is 36.5. The van der Waals surface area contributed by atoms with Crippen molar-refractivity contribution in [2.75, 3.05) is 13.2 Å². The molecular weight excluding hydrogens is 327 g/mol. The molecule has 1 amide bonds. The van der Waals surface area contributed by atoms with Gasteiger partial charge in [0.1, 0.15) is 0 Å². The maximum absolute atomic E-state index is 12.2. The standard InChI is InChI=1S/C15H22F3N3O3/c1-13(2,19-7-6-15(16,17)18)12(23)20-11-8-10(21(11)24)14(9-22)4-3-5-14/h8,19,22,24H,3-7,9H2,1-2H3. The lowest BCUT2D eigenvalue weighted by atomic mass is 9.65. The quantitative estimate of drug-likeness (QED) is 0.683. The summed E-state index contributed by atoms with van der Waals surface area (Å²) >= 11 is 0. The number of aliphatic imine (C=N–C) groups is 1. The molecule has 0 aromatic rings. The minimum atomic E-state index is -4.30. The summed E-state index contributed by atoms with van der Waals surface area (Å²) in [6, 6.07) is 0. The Balaban J connectivity index is 1.98. The number of aliphatic hydroxyl groups excluding tert-OH is 1. The summed E-state index contributed by atoms with van der Waals surface area (Å²) in [5, 5.41) is 22.8. The predicted octanol–water partition coefficient (Wildman–Crippen LogP) is 1.98. The van der Waals surface area contributed by atoms with Gasteiger partial charge >= 0.3 is 6.18 Å². The first-order valence-corrected chi connectivity index (χ1v) is 7.78. The summed E-state index contributed by atoms with van der Waals surface area (Å²) in [5.74, 6) is -0.652. The third kappa shape index (κ3) is 3.79. The second kappa shape index (κ2) is 6.45. The first-order chi connectivity index (χ1) is 11.0. The average molecular weight is 349 g/mol. The van der Waals surface area contributed by atoms with Crippen LogP contribution in [0.15, 0.2) is 16.8 Å². The Hall–Kier alpha value is -1.45. The van der Waals surface area contributed by atoms with E-state index in [9.17, 15) is 28.3 Å². The monoisotopic (exact) mass is 349 g/mol. The lowest BCUT2D eigenvalue weighted by molar-refractivity contribution is -0.136. The number of amidine groups is 1. The zero-order valence-corrected chi connectivity index (χ0v) is 13.7. The van der Waals surface area contributed by atoms with E-state index in [0.717, 1.165) is 24.3 Å². The predicted molar refractivity (Wildman–Crippen MR) is 80.3 cm³/mol. The van der Waals surface area contributed by atoms with E-state index in [1.165, 1.54) is 19.9 Å². The molecule has 0 bridgehead atoms. The van der Waals surface area contributed by atoms with Crippen LogP contribution in [0.5, 0.6) is 0 Å². The highest BCUT2D eigenvalue weighted by Crippen LogP contribution is 2.49. The van der Waals surface area contributed by atoms with E-state index in [1.807, 2.05) is 0 Å². The van der Waals surface area contributed by atoms with Gasteiger partial charge < -0.3 is 10.4 Å². The van der Waals surface area contributed by atoms with Gasteiger partial charge in [-0.1, -0.05) is 6.42 Å². The fourth-order valence-corrected chi connectivity index (χ4v) is 2.69. The Morgan fingerprint density at radius 1 is 1.42 bits per heavy atom. The van der Waals surface area contributed by atoms with Gasteiger partial charge in [-0.2, -0.15) is 18.2 Å². The molecule has 0 aromatic heterocycles. The highest BCUT2D eigenvalue weighted by Gasteiger charge is 2.47. The summed E-state index contributed by atoms with van der Waals surface area (Å²) in [6.07, 6.45) is -1.37. The number of carbonyl (C=O) groups is 1. The van der Waals surface area contributed by atoms with Crippen molar-refractivity contribution in [3.63, 3.8) is 0 Å². The third-order valence-electron chi connectivity index (χ3n) is 4.59. The van der Waals surface area contributed by atoms with Gasteiger partial charge in [-0.25, -0.2) is 5.06 Å². The van der Waals surface area contributed by atoms with Crippen LogP contribution in [0.1, 0.15) is 39.5 Å². The smallest absolute Gasteiger partial charge is 0.390 e. The van der Waals surface area contributed by atoms with Crippen LogP contribution in [0.4, 0.5) is 13.2 Å². The maximum atomic E-state index is 12.2. The van der Waals surface area contributed by atoms with E-state index in [0.29, 0.717) is 5.70 Å². The number of hydroxylamine groups is 2. The number of nitrogens with one attached hydrogen (secondary N) is 1. The SMILES string of the molecule is CC(C)(NCCC(F)(F)F)C(=O)N=C1C=C(C2(CO)CCC2)N1O. The molecule has 2 rings (SSSR count). The summed E-state index contributed by atoms with van der Waals surface area (Å²) in [7, 11) is 0. The summed E-state index contributed by atoms with van der Waals surface area (Å²) in [6.45, 7) is 2.37. The molecule has 1 aliphatic heterocycles. The lowest BCUT2D eigenvalue weighted by Crippen LogP contribution is -2.51. The van der Waals surface area contributed by atoms with Gasteiger partial charge in [0, 0.05) is 18.0 Å². The molecule has 1 saturated carbocycles. The molecule has 136 valence electrons. The van der Waals surface area contributed by atoms with Crippen molar-refractivity contribution in [2.45, 2.75) is 51.2 Å². The molecule has 2 aliphatic rings. The molecular formula is C15H22F3N3O3. The highest BCUT2D eigenvalue weighted by atomic mass is 19.4. The van der Waals surface area contributed by atoms with E-state index in [1.54, 1.807) is 0 Å². The summed E-state index contributed by atoms with van der Waals surface area (Å²) in [5.41, 5.74) is -1.24. The molecule has 0 atom stereocenters. The number of hydrogen-bond acceptors (Lipinski definition) is 4. The molecule has 9 heteroatoms. The van der Waals surface area contributed by atoms with Crippen LogP contribution >= 0.6 is 0 Å². The minimum Gasteiger partial charge on any atom is -0.395 e. The molecule has 0 saturated heterocycles. The number of halogens is 3. The van der Waals surface area contributed by atoms with E-state index in [-0.39, 0.29) is 12.4 Å². The first-order valence-electron chi connectivity index (χ1n) is 7.78. The van der Waals surface area contributed by atoms with Crippen molar-refractivity contribution >= 4 is 11.7 Å². The number of hydrogen-bond donors (Lipinski definition) is 3. The fraction of sp³-hybridized carbons (Fsp3) is 0.733. The van der Waals surface area contributed by atoms with Crippen LogP contribution in [0.2, 0.25) is 0 Å². The maximum Gasteiger partial charge on any atom is 0.390 e. The molecule has 1 heterocycles. The highest BCUT2D eigenvalue weighted by molar-refractivity contribution is 6.07. The first kappa shape index (κ1) is 18.9. The fourth-order valence-electron chi connectivity index (χ4n) is 2.69. The molecule has 3 N–H and O–H groups in total. The number of nitrogens with zero attached hydrogens (tertiary/aromatic N) is 2. The van der Waals surface area contributed by atoms with Gasteiger partial charge in [0.05, 0.1) is 24.3 Å². The van der Waals surface area contributed by atoms with Crippen LogP contribution in [-0.2, 0) is 4.79 Å². The number of amides is 1. The van der Waals surface area contributed by atoms with E-state index in [4.69, 9.17) is 0 Å². The number of aliphatic hydroxyl groups is 1. The third-order valence-corrected chi connectivity index (χ3v) is 4.59. The van der Waals surface area contributed by atoms with Crippen molar-refractivity contribution in [1.29, 1.82) is 0 Å². The zero-order chi connectivity index (χ0) is 18.2. The molecule has 0 unspecified atom stereocenters. The Labute approximate surface area is 138 Å². The van der Waals surface area contributed by atoms with Crippen molar-refractivity contribution in [3.8, 4) is 0 Å². The Morgan fingerprint density at radius 3 is 2.46 bits per heavy atom. The van der Waals surface area contributed by atoms with Gasteiger partial charge in [0.25, 0.3) is 5.91 Å². The Kier molecular flexibility index (Phi) is 5.08. The second-order valence-electron chi connectivity index (χ2n) is 6.83. The minimum absolute atomic E-state index is 0.0282. The number of alkyl halides is 3. The molecule has 0 spiro atoms. The Morgan fingerprint density at radius 2 is 2.04 bits per heavy atom. The van der Waals surface area contributed by atoms with Crippen molar-refractivity contribution in [2.24, 2.45) is 10.4 Å². The van der Waals surface area contributed by atoms with Crippen LogP contribution in [0.25, 0.3) is 0 Å². The average Bonchev–Trinajstić information content (AvgIpc) is 2.42. The summed E-state index contributed by atoms with van der Waals surface area (Å²) in [4.78, 5) is 15.9. The van der Waals surface area contributed by atoms with Crippen LogP contribution in [0.3, 0.4) is 0 Å². The van der Waals surface area contributed by atoms with Crippen LogP contribution in [0, 0.1) is 5.41 Å². The van der Waals surface area contributed by atoms with Gasteiger partial charge in [0.2, 0.25) is 0 Å². The van der Waals surface area contributed by atoms with Crippen molar-refractivity contribution in [1.82, 2.24) is 10.4 Å². The van der Waals surface area contributed by atoms with E-state index < -0.39 is 36.0 Å².